The fourth-order valence-electron chi connectivity index (χ4n) is 0.523. The lowest BCUT2D eigenvalue weighted by atomic mass is 10.3. The van der Waals surface area contributed by atoms with Gasteiger partial charge >= 0.3 is 0 Å². The molecule has 0 unspecified atom stereocenters. The Kier molecular flexibility index (Phi) is 5.25. The standard InChI is InChI=1S/C8H16N2O/c1-3-7(9)5-10-6-8(11)4-2/h5,10H,3-4,6,9H2,1-2H3/b7-5-. The molecule has 11 heavy (non-hydrogen) atoms. The summed E-state index contributed by atoms with van der Waals surface area (Å²) in [6, 6.07) is 0. The third-order valence-electron chi connectivity index (χ3n) is 1.39. The first-order chi connectivity index (χ1) is 5.20. The van der Waals surface area contributed by atoms with Gasteiger partial charge in [0.05, 0.1) is 6.54 Å². The van der Waals surface area contributed by atoms with E-state index in [1.54, 1.807) is 6.20 Å². The lowest BCUT2D eigenvalue weighted by Gasteiger charge is -1.99. The molecule has 0 aliphatic carbocycles. The van der Waals surface area contributed by atoms with E-state index < -0.39 is 0 Å². The highest BCUT2D eigenvalue weighted by molar-refractivity contribution is 5.80. The molecule has 0 aromatic carbocycles. The van der Waals surface area contributed by atoms with Gasteiger partial charge in [-0.3, -0.25) is 4.79 Å². The molecule has 64 valence electrons. The Morgan fingerprint density at radius 2 is 2.09 bits per heavy atom. The van der Waals surface area contributed by atoms with Crippen LogP contribution in [0.5, 0.6) is 0 Å². The van der Waals surface area contributed by atoms with Gasteiger partial charge in [-0.05, 0) is 6.42 Å². The van der Waals surface area contributed by atoms with E-state index in [0.29, 0.717) is 13.0 Å². The summed E-state index contributed by atoms with van der Waals surface area (Å²) in [5.41, 5.74) is 6.26. The Bertz CT molecular complexity index is 152. The van der Waals surface area contributed by atoms with Gasteiger partial charge < -0.3 is 11.1 Å². The number of nitrogens with one attached hydrogen (secondary N) is 1. The van der Waals surface area contributed by atoms with Crippen molar-refractivity contribution in [2.45, 2.75) is 26.7 Å². The number of Topliss-reactive ketones (excluding diaryl/α,β-unsaturated/α-hetero) is 1. The number of rotatable bonds is 5. The molecule has 3 heteroatoms. The van der Waals surface area contributed by atoms with E-state index in [9.17, 15) is 4.79 Å². The molecule has 0 fully saturated rings. The van der Waals surface area contributed by atoms with Crippen molar-refractivity contribution in [1.82, 2.24) is 5.32 Å². The molecule has 3 nitrogen and oxygen atoms in total. The number of hydrogen-bond acceptors (Lipinski definition) is 3. The van der Waals surface area contributed by atoms with Gasteiger partial charge in [0.1, 0.15) is 0 Å². The van der Waals surface area contributed by atoms with E-state index in [2.05, 4.69) is 5.32 Å². The highest BCUT2D eigenvalue weighted by Gasteiger charge is 1.93. The molecule has 0 bridgehead atoms. The second kappa shape index (κ2) is 5.77. The van der Waals surface area contributed by atoms with Gasteiger partial charge in [-0.15, -0.1) is 0 Å². The number of ketones is 1. The van der Waals surface area contributed by atoms with Crippen LogP contribution in [-0.4, -0.2) is 12.3 Å². The maximum absolute atomic E-state index is 10.7. The molecule has 0 saturated heterocycles. The van der Waals surface area contributed by atoms with Gasteiger partial charge in [0.15, 0.2) is 5.78 Å². The molecule has 0 saturated carbocycles. The smallest absolute Gasteiger partial charge is 0.151 e. The van der Waals surface area contributed by atoms with Gasteiger partial charge in [-0.2, -0.15) is 0 Å². The maximum atomic E-state index is 10.7. The van der Waals surface area contributed by atoms with Crippen molar-refractivity contribution in [2.75, 3.05) is 6.54 Å². The summed E-state index contributed by atoms with van der Waals surface area (Å²) >= 11 is 0. The normalized spacial score (nSPS) is 11.3. The molecule has 0 aliphatic rings. The average molecular weight is 156 g/mol. The number of carbonyl (C=O) groups is 1. The van der Waals surface area contributed by atoms with Gasteiger partial charge in [0, 0.05) is 18.3 Å². The molecule has 0 heterocycles. The van der Waals surface area contributed by atoms with Crippen LogP contribution in [0.25, 0.3) is 0 Å². The number of hydrogen-bond donors (Lipinski definition) is 2. The summed E-state index contributed by atoms with van der Waals surface area (Å²) in [5.74, 6) is 0.199. The van der Waals surface area contributed by atoms with Crippen LogP contribution in [0.4, 0.5) is 0 Å². The molecular formula is C8H16N2O. The maximum Gasteiger partial charge on any atom is 0.151 e. The van der Waals surface area contributed by atoms with Crippen LogP contribution in [0, 0.1) is 0 Å². The third kappa shape index (κ3) is 5.45. The minimum atomic E-state index is 0.199. The summed E-state index contributed by atoms with van der Waals surface area (Å²) in [6.07, 6.45) is 3.08. The summed E-state index contributed by atoms with van der Waals surface area (Å²) in [6.45, 7) is 4.20. The molecule has 0 atom stereocenters. The summed E-state index contributed by atoms with van der Waals surface area (Å²) in [7, 11) is 0. The topological polar surface area (TPSA) is 55.1 Å². The number of nitrogens with two attached hydrogens (primary N) is 1. The van der Waals surface area contributed by atoms with Crippen molar-refractivity contribution < 1.29 is 4.79 Å². The van der Waals surface area contributed by atoms with Gasteiger partial charge in [0.25, 0.3) is 0 Å². The average Bonchev–Trinajstić information content (AvgIpc) is 2.04. The second-order valence-corrected chi connectivity index (χ2v) is 2.35. The Balaban J connectivity index is 3.48. The van der Waals surface area contributed by atoms with Crippen molar-refractivity contribution in [3.63, 3.8) is 0 Å². The van der Waals surface area contributed by atoms with E-state index >= 15 is 0 Å². The molecule has 0 rings (SSSR count). The predicted molar refractivity (Wildman–Crippen MR) is 45.9 cm³/mol. The van der Waals surface area contributed by atoms with Crippen molar-refractivity contribution >= 4 is 5.78 Å². The van der Waals surface area contributed by atoms with E-state index in [1.807, 2.05) is 13.8 Å². The molecule has 0 amide bonds. The third-order valence-corrected chi connectivity index (χ3v) is 1.39. The van der Waals surface area contributed by atoms with E-state index in [4.69, 9.17) is 5.73 Å². The first kappa shape index (κ1) is 10.0. The quantitative estimate of drug-likeness (QED) is 0.618. The second-order valence-electron chi connectivity index (χ2n) is 2.35. The highest BCUT2D eigenvalue weighted by Crippen LogP contribution is 1.86. The van der Waals surface area contributed by atoms with E-state index in [1.165, 1.54) is 0 Å². The van der Waals surface area contributed by atoms with Crippen molar-refractivity contribution in [2.24, 2.45) is 5.73 Å². The SMILES string of the molecule is CCC(=O)CN/C=C(\N)CC. The van der Waals surface area contributed by atoms with Crippen LogP contribution >= 0.6 is 0 Å². The monoisotopic (exact) mass is 156 g/mol. The molecule has 0 aromatic rings. The zero-order valence-electron chi connectivity index (χ0n) is 7.18. The molecule has 0 aromatic heterocycles. The minimum absolute atomic E-state index is 0.199. The van der Waals surface area contributed by atoms with Crippen LogP contribution in [0.15, 0.2) is 11.9 Å². The Morgan fingerprint density at radius 1 is 1.45 bits per heavy atom. The minimum Gasteiger partial charge on any atom is -0.401 e. The number of allylic oxidation sites excluding steroid dienone is 1. The molecule has 3 N–H and O–H groups in total. The Labute approximate surface area is 67.7 Å². The van der Waals surface area contributed by atoms with Crippen molar-refractivity contribution in [3.05, 3.63) is 11.9 Å². The Morgan fingerprint density at radius 3 is 2.55 bits per heavy atom. The Hall–Kier alpha value is -0.990. The van der Waals surface area contributed by atoms with E-state index in [0.717, 1.165) is 12.1 Å². The summed E-state index contributed by atoms with van der Waals surface area (Å²) < 4.78 is 0. The lowest BCUT2D eigenvalue weighted by molar-refractivity contribution is -0.117. The first-order valence-corrected chi connectivity index (χ1v) is 3.90. The fraction of sp³-hybridized carbons (Fsp3) is 0.625. The van der Waals surface area contributed by atoms with Crippen LogP contribution < -0.4 is 11.1 Å². The lowest BCUT2D eigenvalue weighted by Crippen LogP contribution is -2.18. The molecular weight excluding hydrogens is 140 g/mol. The molecule has 0 radical (unpaired) electrons. The van der Waals surface area contributed by atoms with E-state index in [-0.39, 0.29) is 5.78 Å². The first-order valence-electron chi connectivity index (χ1n) is 3.90. The van der Waals surface area contributed by atoms with Crippen LogP contribution in [0.3, 0.4) is 0 Å². The fourth-order valence-corrected chi connectivity index (χ4v) is 0.523. The van der Waals surface area contributed by atoms with Crippen LogP contribution in [-0.2, 0) is 4.79 Å². The van der Waals surface area contributed by atoms with Crippen molar-refractivity contribution in [3.8, 4) is 0 Å². The number of carbonyl (C=O) groups excluding carboxylic acids is 1. The molecule has 0 aliphatic heterocycles. The largest absolute Gasteiger partial charge is 0.401 e. The van der Waals surface area contributed by atoms with Crippen molar-refractivity contribution in [1.29, 1.82) is 0 Å². The highest BCUT2D eigenvalue weighted by atomic mass is 16.1. The van der Waals surface area contributed by atoms with Gasteiger partial charge in [-0.25, -0.2) is 0 Å². The zero-order valence-corrected chi connectivity index (χ0v) is 7.18. The van der Waals surface area contributed by atoms with Gasteiger partial charge in [0.2, 0.25) is 0 Å². The predicted octanol–water partition coefficient (Wildman–Crippen LogP) is 0.765. The summed E-state index contributed by atoms with van der Waals surface area (Å²) in [4.78, 5) is 10.7. The van der Waals surface area contributed by atoms with Gasteiger partial charge in [-0.1, -0.05) is 13.8 Å². The summed E-state index contributed by atoms with van der Waals surface area (Å²) in [5, 5.41) is 2.85. The van der Waals surface area contributed by atoms with Crippen LogP contribution in [0.2, 0.25) is 0 Å². The molecule has 0 spiro atoms. The van der Waals surface area contributed by atoms with Crippen LogP contribution in [0.1, 0.15) is 26.7 Å². The zero-order chi connectivity index (χ0) is 8.69.